The lowest BCUT2D eigenvalue weighted by molar-refractivity contribution is 1.17. The summed E-state index contributed by atoms with van der Waals surface area (Å²) in [6.07, 6.45) is 1.93. The molecule has 244 valence electrons. The van der Waals surface area contributed by atoms with Gasteiger partial charge in [0.2, 0.25) is 0 Å². The highest BCUT2D eigenvalue weighted by atomic mass is 15.0. The minimum absolute atomic E-state index is 0.907. The summed E-state index contributed by atoms with van der Waals surface area (Å²) in [4.78, 5) is 5.42. The van der Waals surface area contributed by atoms with Gasteiger partial charge in [0.15, 0.2) is 0 Å². The fraction of sp³-hybridized carbons (Fsp3) is 0. The van der Waals surface area contributed by atoms with Gasteiger partial charge < -0.3 is 9.13 Å². The van der Waals surface area contributed by atoms with Crippen molar-refractivity contribution >= 4 is 49.7 Å². The van der Waals surface area contributed by atoms with E-state index in [0.29, 0.717) is 0 Å². The monoisotopic (exact) mass is 663 g/mol. The summed E-state index contributed by atoms with van der Waals surface area (Å²) in [5.41, 5.74) is 14.1. The van der Waals surface area contributed by atoms with E-state index in [-0.39, 0.29) is 0 Å². The summed E-state index contributed by atoms with van der Waals surface area (Å²) in [7, 11) is 0. The number of benzene rings is 7. The Morgan fingerprint density at radius 2 is 0.827 bits per heavy atom. The second kappa shape index (κ2) is 12.1. The van der Waals surface area contributed by atoms with Gasteiger partial charge in [-0.05, 0) is 83.4 Å². The van der Waals surface area contributed by atoms with E-state index in [1.54, 1.807) is 0 Å². The van der Waals surface area contributed by atoms with Crippen LogP contribution >= 0.6 is 0 Å². The van der Waals surface area contributed by atoms with E-state index in [0.717, 1.165) is 50.6 Å². The molecule has 10 aromatic rings. The van der Waals surface area contributed by atoms with E-state index in [1.165, 1.54) is 43.6 Å². The molecule has 3 nitrogen and oxygen atoms in total. The summed E-state index contributed by atoms with van der Waals surface area (Å²) in [6, 6.07) is 65.0. The summed E-state index contributed by atoms with van der Waals surface area (Å²) in [6.45, 7) is 4.19. The molecule has 0 fully saturated rings. The predicted octanol–water partition coefficient (Wildman–Crippen LogP) is 12.9. The lowest BCUT2D eigenvalue weighted by Gasteiger charge is -2.15. The van der Waals surface area contributed by atoms with Crippen LogP contribution in [0.2, 0.25) is 0 Å². The summed E-state index contributed by atoms with van der Waals surface area (Å²) in [5, 5.41) is 4.96. The standard InChI is InChI=1S/C49H33N3/c1-2-33-27-37(30-39(28-33)52-48-25-12-8-21-42(48)43-22-9-13-26-49(43)52)45-32-36(34-15-4-3-5-16-34)31-44(50-45)35-17-14-18-38(29-35)51-46-23-10-6-19-40(46)41-20-7-11-24-47(41)51/h2-32H,1H2. The van der Waals surface area contributed by atoms with Crippen molar-refractivity contribution in [2.24, 2.45) is 0 Å². The molecule has 0 saturated heterocycles. The maximum Gasteiger partial charge on any atom is 0.0716 e. The third kappa shape index (κ3) is 4.86. The van der Waals surface area contributed by atoms with Gasteiger partial charge in [-0.2, -0.15) is 0 Å². The minimum Gasteiger partial charge on any atom is -0.309 e. The Balaban J connectivity index is 1.18. The van der Waals surface area contributed by atoms with E-state index in [2.05, 4.69) is 198 Å². The number of hydrogen-bond acceptors (Lipinski definition) is 1. The Kier molecular flexibility index (Phi) is 6.97. The van der Waals surface area contributed by atoms with E-state index in [4.69, 9.17) is 4.98 Å². The Bertz CT molecular complexity index is 2870. The van der Waals surface area contributed by atoms with E-state index >= 15 is 0 Å². The molecule has 0 saturated carbocycles. The second-order valence-electron chi connectivity index (χ2n) is 13.3. The molecule has 0 aliphatic carbocycles. The molecule has 3 heterocycles. The van der Waals surface area contributed by atoms with Crippen molar-refractivity contribution in [3.8, 4) is 45.0 Å². The van der Waals surface area contributed by atoms with Crippen LogP contribution in [0.4, 0.5) is 0 Å². The molecule has 10 rings (SSSR count). The lowest BCUT2D eigenvalue weighted by Crippen LogP contribution is -1.98. The second-order valence-corrected chi connectivity index (χ2v) is 13.3. The van der Waals surface area contributed by atoms with Crippen molar-refractivity contribution in [1.82, 2.24) is 14.1 Å². The molecular formula is C49H33N3. The SMILES string of the molecule is C=Cc1cc(-c2cc(-c3ccccc3)cc(-c3cccc(-n4c5ccccc5c5ccccc54)c3)n2)cc(-n2c3ccccc3c3ccccc32)c1. The first kappa shape index (κ1) is 29.9. The van der Waals surface area contributed by atoms with Crippen LogP contribution in [0.3, 0.4) is 0 Å². The van der Waals surface area contributed by atoms with Gasteiger partial charge in [0.25, 0.3) is 0 Å². The van der Waals surface area contributed by atoms with Gasteiger partial charge in [0.1, 0.15) is 0 Å². The summed E-state index contributed by atoms with van der Waals surface area (Å²) in [5.74, 6) is 0. The first-order valence-corrected chi connectivity index (χ1v) is 17.7. The third-order valence-corrected chi connectivity index (χ3v) is 10.2. The zero-order chi connectivity index (χ0) is 34.6. The largest absolute Gasteiger partial charge is 0.309 e. The van der Waals surface area contributed by atoms with Crippen LogP contribution in [0.5, 0.6) is 0 Å². The van der Waals surface area contributed by atoms with Crippen LogP contribution in [-0.2, 0) is 0 Å². The molecule has 0 aliphatic heterocycles. The molecule has 0 N–H and O–H groups in total. The van der Waals surface area contributed by atoms with Crippen LogP contribution in [0.1, 0.15) is 5.56 Å². The van der Waals surface area contributed by atoms with E-state index < -0.39 is 0 Å². The van der Waals surface area contributed by atoms with E-state index in [1.807, 2.05) is 6.08 Å². The van der Waals surface area contributed by atoms with Crippen molar-refractivity contribution in [2.75, 3.05) is 0 Å². The Morgan fingerprint density at radius 3 is 1.38 bits per heavy atom. The number of para-hydroxylation sites is 4. The Hall–Kier alpha value is -6.97. The molecule has 7 aromatic carbocycles. The molecule has 3 aromatic heterocycles. The maximum absolute atomic E-state index is 5.42. The highest BCUT2D eigenvalue weighted by Gasteiger charge is 2.16. The number of hydrogen-bond donors (Lipinski definition) is 0. The zero-order valence-corrected chi connectivity index (χ0v) is 28.4. The molecule has 0 unspecified atom stereocenters. The van der Waals surface area contributed by atoms with Crippen molar-refractivity contribution < 1.29 is 0 Å². The molecule has 3 heteroatoms. The summed E-state index contributed by atoms with van der Waals surface area (Å²) < 4.78 is 4.72. The van der Waals surface area contributed by atoms with Gasteiger partial charge in [-0.1, -0.05) is 128 Å². The van der Waals surface area contributed by atoms with Gasteiger partial charge >= 0.3 is 0 Å². The van der Waals surface area contributed by atoms with Crippen molar-refractivity contribution in [3.05, 3.63) is 194 Å². The highest BCUT2D eigenvalue weighted by Crippen LogP contribution is 2.37. The minimum atomic E-state index is 0.907. The number of pyridine rings is 1. The van der Waals surface area contributed by atoms with Crippen LogP contribution in [0, 0.1) is 0 Å². The predicted molar refractivity (Wildman–Crippen MR) is 219 cm³/mol. The first-order valence-electron chi connectivity index (χ1n) is 17.7. The average Bonchev–Trinajstić information content (AvgIpc) is 3.74. The molecular weight excluding hydrogens is 631 g/mol. The zero-order valence-electron chi connectivity index (χ0n) is 28.4. The number of nitrogens with zero attached hydrogens (tertiary/aromatic N) is 3. The van der Waals surface area contributed by atoms with Gasteiger partial charge in [-0.25, -0.2) is 4.98 Å². The smallest absolute Gasteiger partial charge is 0.0716 e. The topological polar surface area (TPSA) is 22.8 Å². The summed E-state index contributed by atoms with van der Waals surface area (Å²) >= 11 is 0. The first-order chi connectivity index (χ1) is 25.7. The van der Waals surface area contributed by atoms with Crippen LogP contribution < -0.4 is 0 Å². The third-order valence-electron chi connectivity index (χ3n) is 10.2. The number of aromatic nitrogens is 3. The van der Waals surface area contributed by atoms with Crippen molar-refractivity contribution in [3.63, 3.8) is 0 Å². The van der Waals surface area contributed by atoms with Gasteiger partial charge in [0.05, 0.1) is 33.5 Å². The van der Waals surface area contributed by atoms with Crippen LogP contribution in [0.15, 0.2) is 189 Å². The molecule has 0 bridgehead atoms. The molecule has 0 aliphatic rings. The van der Waals surface area contributed by atoms with Crippen LogP contribution in [-0.4, -0.2) is 14.1 Å². The van der Waals surface area contributed by atoms with Gasteiger partial charge in [0, 0.05) is 44.0 Å². The quantitative estimate of drug-likeness (QED) is 0.174. The Labute approximate surface area is 302 Å². The maximum atomic E-state index is 5.42. The molecule has 0 atom stereocenters. The fourth-order valence-corrected chi connectivity index (χ4v) is 7.86. The fourth-order valence-electron chi connectivity index (χ4n) is 7.86. The molecule has 0 spiro atoms. The van der Waals surface area contributed by atoms with Gasteiger partial charge in [-0.15, -0.1) is 0 Å². The van der Waals surface area contributed by atoms with Crippen LogP contribution in [0.25, 0.3) is 94.7 Å². The lowest BCUT2D eigenvalue weighted by atomic mass is 9.98. The van der Waals surface area contributed by atoms with E-state index in [9.17, 15) is 0 Å². The highest BCUT2D eigenvalue weighted by molar-refractivity contribution is 6.10. The number of rotatable bonds is 6. The Morgan fingerprint density at radius 1 is 0.365 bits per heavy atom. The van der Waals surface area contributed by atoms with Crippen molar-refractivity contribution in [1.29, 1.82) is 0 Å². The molecule has 0 amide bonds. The normalized spacial score (nSPS) is 11.5. The molecule has 52 heavy (non-hydrogen) atoms. The van der Waals surface area contributed by atoms with Gasteiger partial charge in [-0.3, -0.25) is 0 Å². The number of fused-ring (bicyclic) bond motifs is 6. The van der Waals surface area contributed by atoms with Crippen molar-refractivity contribution in [2.45, 2.75) is 0 Å². The average molecular weight is 664 g/mol. The molecule has 0 radical (unpaired) electrons.